The lowest BCUT2D eigenvalue weighted by atomic mass is 9.96. The summed E-state index contributed by atoms with van der Waals surface area (Å²) in [5.74, 6) is 0.169. The van der Waals surface area contributed by atoms with Crippen LogP contribution in [0.2, 0.25) is 0 Å². The summed E-state index contributed by atoms with van der Waals surface area (Å²) in [7, 11) is 2.96. The minimum atomic E-state index is -0.420. The zero-order valence-electron chi connectivity index (χ0n) is 16.1. The van der Waals surface area contributed by atoms with Crippen molar-refractivity contribution in [1.29, 1.82) is 5.41 Å². The van der Waals surface area contributed by atoms with Gasteiger partial charge in [-0.05, 0) is 23.8 Å². The first-order chi connectivity index (χ1) is 13.9. The molecule has 0 atom stereocenters. The highest BCUT2D eigenvalue weighted by atomic mass is 16.5. The topological polar surface area (TPSA) is 109 Å². The largest absolute Gasteiger partial charge is 0.507 e. The Balaban J connectivity index is 2.03. The van der Waals surface area contributed by atoms with Gasteiger partial charge in [-0.2, -0.15) is 0 Å². The Labute approximate surface area is 166 Å². The van der Waals surface area contributed by atoms with Gasteiger partial charge in [0.15, 0.2) is 0 Å². The van der Waals surface area contributed by atoms with Crippen molar-refractivity contribution in [2.45, 2.75) is 13.5 Å². The minimum Gasteiger partial charge on any atom is -0.507 e. The van der Waals surface area contributed by atoms with Gasteiger partial charge in [0.05, 0.1) is 30.9 Å². The molecule has 4 rings (SSSR count). The lowest BCUT2D eigenvalue weighted by Crippen LogP contribution is -2.02. The standard InChI is InChI=1S/C22H19NO6/c1-10(24)29-9-11-7-13-16(15(8-11)28-3)18-19(20(13)23)22(26)17-12(21(18)25)5-4-6-14(17)27-2/h4-8,23,25-26H,9H2,1-3H3. The smallest absolute Gasteiger partial charge is 0.302 e. The summed E-state index contributed by atoms with van der Waals surface area (Å²) in [4.78, 5) is 11.2. The molecule has 0 amide bonds. The highest BCUT2D eigenvalue weighted by Gasteiger charge is 2.35. The summed E-state index contributed by atoms with van der Waals surface area (Å²) in [6.45, 7) is 1.34. The number of benzene rings is 3. The molecule has 0 fully saturated rings. The summed E-state index contributed by atoms with van der Waals surface area (Å²) in [6, 6.07) is 8.46. The summed E-state index contributed by atoms with van der Waals surface area (Å²) < 4.78 is 15.9. The molecule has 0 aromatic heterocycles. The van der Waals surface area contributed by atoms with Gasteiger partial charge in [0, 0.05) is 29.0 Å². The normalized spacial score (nSPS) is 11.9. The number of ether oxygens (including phenoxy) is 3. The van der Waals surface area contributed by atoms with E-state index in [1.807, 2.05) is 0 Å². The maximum atomic E-state index is 11.2. The number of methoxy groups -OCH3 is 2. The first kappa shape index (κ1) is 18.6. The van der Waals surface area contributed by atoms with Crippen molar-refractivity contribution in [3.63, 3.8) is 0 Å². The summed E-state index contributed by atoms with van der Waals surface area (Å²) >= 11 is 0. The van der Waals surface area contributed by atoms with Gasteiger partial charge in [-0.25, -0.2) is 0 Å². The number of carbonyl (C=O) groups is 1. The second-order valence-electron chi connectivity index (χ2n) is 6.71. The fraction of sp³-hybridized carbons (Fsp3) is 0.182. The van der Waals surface area contributed by atoms with Crippen molar-refractivity contribution in [2.24, 2.45) is 0 Å². The molecule has 7 heteroatoms. The van der Waals surface area contributed by atoms with Crippen LogP contribution in [0, 0.1) is 5.41 Å². The predicted octanol–water partition coefficient (Wildman–Crippen LogP) is 3.73. The van der Waals surface area contributed by atoms with Gasteiger partial charge in [0.1, 0.15) is 29.6 Å². The quantitative estimate of drug-likeness (QED) is 0.360. The molecule has 0 spiro atoms. The molecule has 0 heterocycles. The molecule has 1 aliphatic rings. The van der Waals surface area contributed by atoms with Crippen molar-refractivity contribution in [3.8, 4) is 34.1 Å². The van der Waals surface area contributed by atoms with Crippen LogP contribution in [0.1, 0.15) is 23.6 Å². The highest BCUT2D eigenvalue weighted by molar-refractivity contribution is 6.29. The maximum Gasteiger partial charge on any atom is 0.302 e. The van der Waals surface area contributed by atoms with Gasteiger partial charge in [0.25, 0.3) is 0 Å². The maximum absolute atomic E-state index is 11.2. The van der Waals surface area contributed by atoms with Gasteiger partial charge in [-0.1, -0.05) is 12.1 Å². The van der Waals surface area contributed by atoms with E-state index in [9.17, 15) is 15.0 Å². The average molecular weight is 393 g/mol. The zero-order chi connectivity index (χ0) is 20.9. The van der Waals surface area contributed by atoms with E-state index in [0.717, 1.165) is 0 Å². The molecule has 0 bridgehead atoms. The lowest BCUT2D eigenvalue weighted by molar-refractivity contribution is -0.142. The van der Waals surface area contributed by atoms with Crippen LogP contribution >= 0.6 is 0 Å². The Morgan fingerprint density at radius 1 is 1.00 bits per heavy atom. The molecule has 0 aliphatic heterocycles. The molecule has 29 heavy (non-hydrogen) atoms. The lowest BCUT2D eigenvalue weighted by Gasteiger charge is -2.15. The van der Waals surface area contributed by atoms with E-state index in [-0.39, 0.29) is 29.4 Å². The number of carbonyl (C=O) groups excluding carboxylic acids is 1. The van der Waals surface area contributed by atoms with Crippen LogP contribution in [0.25, 0.3) is 21.9 Å². The van der Waals surface area contributed by atoms with Crippen LogP contribution < -0.4 is 9.47 Å². The van der Waals surface area contributed by atoms with E-state index in [4.69, 9.17) is 19.6 Å². The third-order valence-electron chi connectivity index (χ3n) is 5.05. The monoisotopic (exact) mass is 393 g/mol. The van der Waals surface area contributed by atoms with Crippen LogP contribution in [0.5, 0.6) is 23.0 Å². The van der Waals surface area contributed by atoms with Crippen molar-refractivity contribution >= 4 is 22.5 Å². The predicted molar refractivity (Wildman–Crippen MR) is 107 cm³/mol. The Bertz CT molecular complexity index is 1200. The van der Waals surface area contributed by atoms with Crippen LogP contribution in [-0.2, 0) is 16.1 Å². The van der Waals surface area contributed by atoms with Crippen LogP contribution in [-0.4, -0.2) is 36.1 Å². The van der Waals surface area contributed by atoms with Gasteiger partial charge in [0.2, 0.25) is 0 Å². The van der Waals surface area contributed by atoms with Gasteiger partial charge >= 0.3 is 5.97 Å². The van der Waals surface area contributed by atoms with E-state index in [1.165, 1.54) is 21.1 Å². The molecule has 0 radical (unpaired) electrons. The number of hydrogen-bond acceptors (Lipinski definition) is 7. The Kier molecular flexibility index (Phi) is 4.30. The van der Waals surface area contributed by atoms with Gasteiger partial charge in [-0.15, -0.1) is 0 Å². The van der Waals surface area contributed by atoms with E-state index in [0.29, 0.717) is 44.5 Å². The van der Waals surface area contributed by atoms with Crippen molar-refractivity contribution in [3.05, 3.63) is 47.0 Å². The molecular formula is C22H19NO6. The van der Waals surface area contributed by atoms with Crippen molar-refractivity contribution in [1.82, 2.24) is 0 Å². The molecule has 148 valence electrons. The molecule has 3 N–H and O–H groups in total. The van der Waals surface area contributed by atoms with Crippen LogP contribution in [0.3, 0.4) is 0 Å². The second kappa shape index (κ2) is 6.70. The summed E-state index contributed by atoms with van der Waals surface area (Å²) in [5.41, 5.74) is 2.20. The molecule has 3 aromatic carbocycles. The number of nitrogens with one attached hydrogen (secondary N) is 1. The fourth-order valence-corrected chi connectivity index (χ4v) is 3.82. The van der Waals surface area contributed by atoms with Gasteiger partial charge in [-0.3, -0.25) is 10.2 Å². The third-order valence-corrected chi connectivity index (χ3v) is 5.05. The molecule has 0 saturated carbocycles. The number of esters is 1. The number of fused-ring (bicyclic) bond motifs is 4. The summed E-state index contributed by atoms with van der Waals surface area (Å²) in [6.07, 6.45) is 0. The number of aromatic hydroxyl groups is 2. The van der Waals surface area contributed by atoms with E-state index in [2.05, 4.69) is 0 Å². The average Bonchev–Trinajstić information content (AvgIpc) is 3.02. The van der Waals surface area contributed by atoms with Crippen molar-refractivity contribution < 1.29 is 29.2 Å². The first-order valence-corrected chi connectivity index (χ1v) is 8.87. The highest BCUT2D eigenvalue weighted by Crippen LogP contribution is 2.55. The fourth-order valence-electron chi connectivity index (χ4n) is 3.82. The Morgan fingerprint density at radius 2 is 1.72 bits per heavy atom. The molecular weight excluding hydrogens is 374 g/mol. The summed E-state index contributed by atoms with van der Waals surface area (Å²) in [5, 5.41) is 31.5. The van der Waals surface area contributed by atoms with Gasteiger partial charge < -0.3 is 24.4 Å². The van der Waals surface area contributed by atoms with Crippen LogP contribution in [0.15, 0.2) is 30.3 Å². The molecule has 1 aliphatic carbocycles. The number of hydrogen-bond donors (Lipinski definition) is 3. The second-order valence-corrected chi connectivity index (χ2v) is 6.71. The Hall–Kier alpha value is -3.74. The van der Waals surface area contributed by atoms with E-state index >= 15 is 0 Å². The Morgan fingerprint density at radius 3 is 2.38 bits per heavy atom. The molecule has 7 nitrogen and oxygen atoms in total. The molecule has 0 saturated heterocycles. The molecule has 3 aromatic rings. The number of phenolic OH excluding ortho intramolecular Hbond substituents is 2. The first-order valence-electron chi connectivity index (χ1n) is 8.87. The third kappa shape index (κ3) is 2.66. The zero-order valence-corrected chi connectivity index (χ0v) is 16.1. The van der Waals surface area contributed by atoms with Crippen LogP contribution in [0.4, 0.5) is 0 Å². The SMILES string of the molecule is COc1cc(COC(C)=O)cc2c1-c1c(c(O)c3c(OC)cccc3c1O)C2=N. The van der Waals surface area contributed by atoms with E-state index < -0.39 is 5.97 Å². The molecule has 0 unspecified atom stereocenters. The number of rotatable bonds is 4. The minimum absolute atomic E-state index is 0.0242. The van der Waals surface area contributed by atoms with E-state index in [1.54, 1.807) is 30.3 Å². The van der Waals surface area contributed by atoms with Crippen molar-refractivity contribution in [2.75, 3.05) is 14.2 Å². The number of phenols is 2.